The number of piperazine rings is 1. The molecule has 4 heteroatoms. The van der Waals surface area contributed by atoms with E-state index in [1.807, 2.05) is 18.2 Å². The van der Waals surface area contributed by atoms with Crippen molar-refractivity contribution < 1.29 is 9.90 Å². The highest BCUT2D eigenvalue weighted by molar-refractivity contribution is 5.65. The molecular formula is C14H18N2O2. The molecule has 1 N–H and O–H groups in total. The van der Waals surface area contributed by atoms with E-state index in [2.05, 4.69) is 23.6 Å². The monoisotopic (exact) mass is 246 g/mol. The quantitative estimate of drug-likeness (QED) is 0.888. The summed E-state index contributed by atoms with van der Waals surface area (Å²) in [6, 6.07) is 8.27. The van der Waals surface area contributed by atoms with Crippen LogP contribution in [0.4, 0.5) is 4.79 Å². The zero-order valence-corrected chi connectivity index (χ0v) is 10.4. The number of nitrogens with zero attached hydrogens (tertiary/aromatic N) is 2. The Balaban J connectivity index is 1.91. The van der Waals surface area contributed by atoms with E-state index in [1.165, 1.54) is 10.5 Å². The first-order chi connectivity index (χ1) is 8.69. The molecule has 1 aromatic rings. The normalized spacial score (nSPS) is 16.6. The van der Waals surface area contributed by atoms with E-state index in [0.29, 0.717) is 13.1 Å². The Kier molecular flexibility index (Phi) is 3.99. The summed E-state index contributed by atoms with van der Waals surface area (Å²) >= 11 is 0. The largest absolute Gasteiger partial charge is 0.465 e. The van der Waals surface area contributed by atoms with Crippen LogP contribution >= 0.6 is 0 Å². The summed E-state index contributed by atoms with van der Waals surface area (Å²) < 4.78 is 0. The van der Waals surface area contributed by atoms with Gasteiger partial charge in [0.1, 0.15) is 0 Å². The van der Waals surface area contributed by atoms with Crippen LogP contribution in [0.3, 0.4) is 0 Å². The van der Waals surface area contributed by atoms with Crippen molar-refractivity contribution in [3.05, 3.63) is 42.0 Å². The number of rotatable bonds is 3. The Labute approximate surface area is 107 Å². The van der Waals surface area contributed by atoms with Gasteiger partial charge in [-0.15, -0.1) is 0 Å². The second kappa shape index (κ2) is 5.69. The van der Waals surface area contributed by atoms with E-state index in [-0.39, 0.29) is 0 Å². The summed E-state index contributed by atoms with van der Waals surface area (Å²) in [6.07, 6.45) is 1.02. The third-order valence-corrected chi connectivity index (χ3v) is 3.24. The minimum Gasteiger partial charge on any atom is -0.465 e. The van der Waals surface area contributed by atoms with Gasteiger partial charge in [-0.3, -0.25) is 4.90 Å². The maximum absolute atomic E-state index is 10.8. The molecule has 0 saturated carbocycles. The van der Waals surface area contributed by atoms with Crippen LogP contribution in [0, 0.1) is 0 Å². The number of carbonyl (C=O) groups is 1. The standard InChI is InChI=1S/C14H18N2O2/c1-2-12-4-3-5-13(10-12)11-15-6-8-16(9-7-15)14(17)18/h2-5,10H,1,6-9,11H2,(H,17,18). The molecule has 1 amide bonds. The minimum atomic E-state index is -0.816. The molecule has 4 nitrogen and oxygen atoms in total. The lowest BCUT2D eigenvalue weighted by Crippen LogP contribution is -2.47. The lowest BCUT2D eigenvalue weighted by atomic mass is 10.1. The van der Waals surface area contributed by atoms with E-state index in [1.54, 1.807) is 0 Å². The second-order valence-corrected chi connectivity index (χ2v) is 4.49. The summed E-state index contributed by atoms with van der Waals surface area (Å²) in [5.74, 6) is 0. The molecule has 1 saturated heterocycles. The zero-order chi connectivity index (χ0) is 13.0. The first kappa shape index (κ1) is 12.6. The molecule has 1 aromatic carbocycles. The van der Waals surface area contributed by atoms with Gasteiger partial charge in [0.05, 0.1) is 0 Å². The van der Waals surface area contributed by atoms with Crippen molar-refractivity contribution in [2.24, 2.45) is 0 Å². The molecule has 0 bridgehead atoms. The maximum atomic E-state index is 10.8. The molecule has 1 aliphatic heterocycles. The van der Waals surface area contributed by atoms with E-state index >= 15 is 0 Å². The number of hydrogen-bond donors (Lipinski definition) is 1. The lowest BCUT2D eigenvalue weighted by Gasteiger charge is -2.33. The first-order valence-electron chi connectivity index (χ1n) is 6.10. The van der Waals surface area contributed by atoms with Gasteiger partial charge in [-0.2, -0.15) is 0 Å². The smallest absolute Gasteiger partial charge is 0.407 e. The Morgan fingerprint density at radius 1 is 1.33 bits per heavy atom. The Morgan fingerprint density at radius 3 is 2.67 bits per heavy atom. The molecular weight excluding hydrogens is 228 g/mol. The van der Waals surface area contributed by atoms with Crippen molar-refractivity contribution in [1.29, 1.82) is 0 Å². The van der Waals surface area contributed by atoms with E-state index < -0.39 is 6.09 Å². The van der Waals surface area contributed by atoms with Gasteiger partial charge in [0.25, 0.3) is 0 Å². The molecule has 0 spiro atoms. The average molecular weight is 246 g/mol. The average Bonchev–Trinajstić information content (AvgIpc) is 2.39. The second-order valence-electron chi connectivity index (χ2n) is 4.49. The van der Waals surface area contributed by atoms with Crippen molar-refractivity contribution in [3.8, 4) is 0 Å². The molecule has 0 unspecified atom stereocenters. The van der Waals surface area contributed by atoms with Gasteiger partial charge in [0, 0.05) is 32.7 Å². The van der Waals surface area contributed by atoms with Crippen LogP contribution in [0.1, 0.15) is 11.1 Å². The van der Waals surface area contributed by atoms with Crippen molar-refractivity contribution in [3.63, 3.8) is 0 Å². The lowest BCUT2D eigenvalue weighted by molar-refractivity contribution is 0.103. The molecule has 1 fully saturated rings. The highest BCUT2D eigenvalue weighted by Crippen LogP contribution is 2.11. The summed E-state index contributed by atoms with van der Waals surface area (Å²) in [5.41, 5.74) is 2.37. The summed E-state index contributed by atoms with van der Waals surface area (Å²) in [4.78, 5) is 14.5. The molecule has 0 aromatic heterocycles. The van der Waals surface area contributed by atoms with Crippen LogP contribution in [-0.2, 0) is 6.54 Å². The molecule has 0 aliphatic carbocycles. The highest BCUT2D eigenvalue weighted by Gasteiger charge is 2.20. The SMILES string of the molecule is C=Cc1cccc(CN2CCN(C(=O)O)CC2)c1. The Morgan fingerprint density at radius 2 is 2.06 bits per heavy atom. The molecule has 0 atom stereocenters. The number of benzene rings is 1. The third-order valence-electron chi connectivity index (χ3n) is 3.24. The van der Waals surface area contributed by atoms with Crippen molar-refractivity contribution in [2.75, 3.05) is 26.2 Å². The predicted octanol–water partition coefficient (Wildman–Crippen LogP) is 2.13. The number of amides is 1. The van der Waals surface area contributed by atoms with E-state index in [9.17, 15) is 4.79 Å². The third kappa shape index (κ3) is 3.11. The number of carboxylic acid groups (broad SMARTS) is 1. The highest BCUT2D eigenvalue weighted by atomic mass is 16.4. The molecule has 0 radical (unpaired) electrons. The Hall–Kier alpha value is -1.81. The molecule has 96 valence electrons. The van der Waals surface area contributed by atoms with Crippen LogP contribution in [0.2, 0.25) is 0 Å². The molecule has 18 heavy (non-hydrogen) atoms. The fourth-order valence-electron chi connectivity index (χ4n) is 2.17. The predicted molar refractivity (Wildman–Crippen MR) is 71.4 cm³/mol. The van der Waals surface area contributed by atoms with Gasteiger partial charge in [0.2, 0.25) is 0 Å². The van der Waals surface area contributed by atoms with Gasteiger partial charge in [0.15, 0.2) is 0 Å². The summed E-state index contributed by atoms with van der Waals surface area (Å²) in [6.45, 7) is 7.41. The van der Waals surface area contributed by atoms with Crippen LogP contribution in [-0.4, -0.2) is 47.2 Å². The molecule has 2 rings (SSSR count). The van der Waals surface area contributed by atoms with Crippen LogP contribution in [0.25, 0.3) is 6.08 Å². The molecule has 1 aliphatic rings. The van der Waals surface area contributed by atoms with Gasteiger partial charge in [-0.05, 0) is 11.1 Å². The zero-order valence-electron chi connectivity index (χ0n) is 10.4. The van der Waals surface area contributed by atoms with Gasteiger partial charge in [-0.1, -0.05) is 36.9 Å². The van der Waals surface area contributed by atoms with Crippen LogP contribution in [0.5, 0.6) is 0 Å². The van der Waals surface area contributed by atoms with Gasteiger partial charge in [-0.25, -0.2) is 4.79 Å². The molecule has 1 heterocycles. The summed E-state index contributed by atoms with van der Waals surface area (Å²) in [5, 5.41) is 8.88. The maximum Gasteiger partial charge on any atom is 0.407 e. The minimum absolute atomic E-state index is 0.594. The van der Waals surface area contributed by atoms with E-state index in [4.69, 9.17) is 5.11 Å². The van der Waals surface area contributed by atoms with Gasteiger partial charge >= 0.3 is 6.09 Å². The fraction of sp³-hybridized carbons (Fsp3) is 0.357. The van der Waals surface area contributed by atoms with Gasteiger partial charge < -0.3 is 10.0 Å². The van der Waals surface area contributed by atoms with E-state index in [0.717, 1.165) is 25.2 Å². The topological polar surface area (TPSA) is 43.8 Å². The first-order valence-corrected chi connectivity index (χ1v) is 6.10. The fourth-order valence-corrected chi connectivity index (χ4v) is 2.17. The van der Waals surface area contributed by atoms with Crippen molar-refractivity contribution >= 4 is 12.2 Å². The number of hydrogen-bond acceptors (Lipinski definition) is 2. The van der Waals surface area contributed by atoms with Crippen molar-refractivity contribution in [1.82, 2.24) is 9.80 Å². The van der Waals surface area contributed by atoms with Crippen LogP contribution in [0.15, 0.2) is 30.8 Å². The summed E-state index contributed by atoms with van der Waals surface area (Å²) in [7, 11) is 0. The van der Waals surface area contributed by atoms with Crippen LogP contribution < -0.4 is 0 Å². The Bertz CT molecular complexity index is 437. The van der Waals surface area contributed by atoms with Crippen molar-refractivity contribution in [2.45, 2.75) is 6.54 Å².